The lowest BCUT2D eigenvalue weighted by molar-refractivity contribution is -0.138. The van der Waals surface area contributed by atoms with Gasteiger partial charge in [0.15, 0.2) is 0 Å². The number of benzene rings is 1. The molecule has 0 N–H and O–H groups in total. The van der Waals surface area contributed by atoms with E-state index in [1.165, 1.54) is 12.1 Å². The van der Waals surface area contributed by atoms with Crippen molar-refractivity contribution in [1.29, 1.82) is 0 Å². The van der Waals surface area contributed by atoms with E-state index in [9.17, 15) is 18.0 Å². The van der Waals surface area contributed by atoms with Gasteiger partial charge in [-0.2, -0.15) is 13.2 Å². The van der Waals surface area contributed by atoms with Crippen LogP contribution in [0.15, 0.2) is 24.3 Å². The number of carbonyl (C=O) groups is 1. The molecule has 1 aromatic rings. The van der Waals surface area contributed by atoms with Crippen LogP contribution in [0.3, 0.4) is 0 Å². The van der Waals surface area contributed by atoms with Crippen LogP contribution in [0.2, 0.25) is 0 Å². The second kappa shape index (κ2) is 6.50. The van der Waals surface area contributed by atoms with Crippen molar-refractivity contribution in [2.75, 3.05) is 7.11 Å². The number of carbonyl (C=O) groups excluding carboxylic acids is 1. The van der Waals surface area contributed by atoms with Gasteiger partial charge in [-0.05, 0) is 50.9 Å². The van der Waals surface area contributed by atoms with Crippen LogP contribution >= 0.6 is 0 Å². The second-order valence-electron chi connectivity index (χ2n) is 6.79. The maximum Gasteiger partial charge on any atom is 0.494 e. The van der Waals surface area contributed by atoms with Crippen molar-refractivity contribution >= 4 is 24.6 Å². The summed E-state index contributed by atoms with van der Waals surface area (Å²) in [6, 6.07) is 3.76. The highest BCUT2D eigenvalue weighted by Gasteiger charge is 2.52. The van der Waals surface area contributed by atoms with Gasteiger partial charge in [0.25, 0.3) is 0 Å². The van der Waals surface area contributed by atoms with E-state index < -0.39 is 36.0 Å². The summed E-state index contributed by atoms with van der Waals surface area (Å²) < 4.78 is 56.2. The monoisotopic (exact) mass is 356 g/mol. The number of hydrogen-bond donors (Lipinski definition) is 0. The predicted molar refractivity (Wildman–Crippen MR) is 88.2 cm³/mol. The highest BCUT2D eigenvalue weighted by Crippen LogP contribution is 2.37. The molecule has 1 saturated heterocycles. The van der Waals surface area contributed by atoms with Gasteiger partial charge >= 0.3 is 19.3 Å². The molecule has 1 aliphatic rings. The van der Waals surface area contributed by atoms with E-state index in [1.54, 1.807) is 0 Å². The number of ether oxygens (including phenoxy) is 1. The maximum absolute atomic E-state index is 13.4. The van der Waals surface area contributed by atoms with Crippen LogP contribution in [0.1, 0.15) is 38.8 Å². The Kier molecular flexibility index (Phi) is 5.07. The van der Waals surface area contributed by atoms with Crippen LogP contribution in [0, 0.1) is 0 Å². The van der Waals surface area contributed by atoms with E-state index in [0.29, 0.717) is 0 Å². The third-order valence-corrected chi connectivity index (χ3v) is 4.51. The minimum atomic E-state index is -4.59. The molecule has 25 heavy (non-hydrogen) atoms. The Labute approximate surface area is 145 Å². The minimum Gasteiger partial charge on any atom is -0.466 e. The van der Waals surface area contributed by atoms with Gasteiger partial charge in [-0.1, -0.05) is 12.1 Å². The average Bonchev–Trinajstić information content (AvgIpc) is 2.72. The zero-order chi connectivity index (χ0) is 19.0. The first-order chi connectivity index (χ1) is 11.4. The van der Waals surface area contributed by atoms with Gasteiger partial charge in [-0.3, -0.25) is 0 Å². The van der Waals surface area contributed by atoms with Crippen molar-refractivity contribution in [3.05, 3.63) is 35.4 Å². The third-order valence-electron chi connectivity index (χ3n) is 4.51. The van der Waals surface area contributed by atoms with E-state index in [4.69, 9.17) is 9.31 Å². The first-order valence-corrected chi connectivity index (χ1v) is 7.70. The van der Waals surface area contributed by atoms with Gasteiger partial charge < -0.3 is 14.0 Å². The lowest BCUT2D eigenvalue weighted by atomic mass is 9.77. The zero-order valence-corrected chi connectivity index (χ0v) is 14.7. The van der Waals surface area contributed by atoms with Crippen molar-refractivity contribution < 1.29 is 32.0 Å². The molecule has 8 heteroatoms. The molecule has 0 unspecified atom stereocenters. The SMILES string of the molecule is COC(=O)/C=C/c1ccc(B2OC(C)(C)C(C)(C)O2)cc1C(F)(F)F. The number of halogens is 3. The minimum absolute atomic E-state index is 0.141. The van der Waals surface area contributed by atoms with E-state index >= 15 is 0 Å². The molecule has 2 rings (SSSR count). The Hall–Kier alpha value is -1.80. The van der Waals surface area contributed by atoms with Crippen LogP contribution in [0.5, 0.6) is 0 Å². The van der Waals surface area contributed by atoms with Crippen LogP contribution in [-0.2, 0) is 25.0 Å². The fraction of sp³-hybridized carbons (Fsp3) is 0.471. The molecule has 0 bridgehead atoms. The number of alkyl halides is 3. The Bertz CT molecular complexity index is 680. The highest BCUT2D eigenvalue weighted by atomic mass is 19.4. The van der Waals surface area contributed by atoms with Gasteiger partial charge in [0.2, 0.25) is 0 Å². The number of hydrogen-bond acceptors (Lipinski definition) is 4. The summed E-state index contributed by atoms with van der Waals surface area (Å²) in [5.41, 5.74) is -2.06. The predicted octanol–water partition coefficient (Wildman–Crippen LogP) is 3.19. The molecule has 0 aromatic heterocycles. The Morgan fingerprint density at radius 1 is 1.16 bits per heavy atom. The molecule has 0 saturated carbocycles. The molecule has 0 amide bonds. The fourth-order valence-corrected chi connectivity index (χ4v) is 2.32. The standard InChI is InChI=1S/C17H20BF3O4/c1-15(2)16(3,4)25-18(24-15)12-8-6-11(7-9-14(22)23-5)13(10-12)17(19,20)21/h6-10H,1-5H3/b9-7+. The summed E-state index contributed by atoms with van der Waals surface area (Å²) in [4.78, 5) is 11.1. The van der Waals surface area contributed by atoms with Crippen molar-refractivity contribution in [3.8, 4) is 0 Å². The lowest BCUT2D eigenvalue weighted by Crippen LogP contribution is -2.41. The number of methoxy groups -OCH3 is 1. The van der Waals surface area contributed by atoms with Gasteiger partial charge in [0.05, 0.1) is 23.9 Å². The summed E-state index contributed by atoms with van der Waals surface area (Å²) in [6.45, 7) is 7.30. The van der Waals surface area contributed by atoms with Crippen molar-refractivity contribution in [1.82, 2.24) is 0 Å². The Balaban J connectivity index is 2.41. The van der Waals surface area contributed by atoms with Crippen LogP contribution in [-0.4, -0.2) is 31.4 Å². The number of esters is 1. The zero-order valence-electron chi connectivity index (χ0n) is 14.7. The molecule has 1 aliphatic heterocycles. The summed E-state index contributed by atoms with van der Waals surface area (Å²) in [5, 5.41) is 0. The number of rotatable bonds is 3. The largest absolute Gasteiger partial charge is 0.494 e. The summed E-state index contributed by atoms with van der Waals surface area (Å²) in [6.07, 6.45) is -2.57. The van der Waals surface area contributed by atoms with E-state index in [0.717, 1.165) is 25.3 Å². The first kappa shape index (κ1) is 19.5. The van der Waals surface area contributed by atoms with E-state index in [-0.39, 0.29) is 11.0 Å². The third kappa shape index (κ3) is 4.07. The van der Waals surface area contributed by atoms with Crippen LogP contribution in [0.25, 0.3) is 6.08 Å². The van der Waals surface area contributed by atoms with Crippen molar-refractivity contribution in [2.45, 2.75) is 45.1 Å². The van der Waals surface area contributed by atoms with E-state index in [2.05, 4.69) is 4.74 Å². The van der Waals surface area contributed by atoms with Crippen molar-refractivity contribution in [2.24, 2.45) is 0 Å². The lowest BCUT2D eigenvalue weighted by Gasteiger charge is -2.32. The van der Waals surface area contributed by atoms with Gasteiger partial charge in [0, 0.05) is 6.08 Å². The molecule has 0 radical (unpaired) electrons. The van der Waals surface area contributed by atoms with Crippen molar-refractivity contribution in [3.63, 3.8) is 0 Å². The van der Waals surface area contributed by atoms with E-state index in [1.807, 2.05) is 27.7 Å². The molecule has 1 heterocycles. The highest BCUT2D eigenvalue weighted by molar-refractivity contribution is 6.62. The molecular weight excluding hydrogens is 336 g/mol. The van der Waals surface area contributed by atoms with Crippen LogP contribution in [0.4, 0.5) is 13.2 Å². The Morgan fingerprint density at radius 3 is 2.20 bits per heavy atom. The molecule has 136 valence electrons. The molecule has 1 fully saturated rings. The molecule has 0 atom stereocenters. The molecular formula is C17H20BF3O4. The molecule has 0 spiro atoms. The quantitative estimate of drug-likeness (QED) is 0.474. The normalized spacial score (nSPS) is 19.4. The maximum atomic E-state index is 13.4. The topological polar surface area (TPSA) is 44.8 Å². The first-order valence-electron chi connectivity index (χ1n) is 7.70. The summed E-state index contributed by atoms with van der Waals surface area (Å²) >= 11 is 0. The second-order valence-corrected chi connectivity index (χ2v) is 6.79. The molecule has 0 aliphatic carbocycles. The van der Waals surface area contributed by atoms with Crippen LogP contribution < -0.4 is 5.46 Å². The smallest absolute Gasteiger partial charge is 0.466 e. The summed E-state index contributed by atoms with van der Waals surface area (Å²) in [7, 11) is 0.253. The Morgan fingerprint density at radius 2 is 1.72 bits per heavy atom. The molecule has 4 nitrogen and oxygen atoms in total. The average molecular weight is 356 g/mol. The molecule has 1 aromatic carbocycles. The summed E-state index contributed by atoms with van der Waals surface area (Å²) in [5.74, 6) is -0.733. The van der Waals surface area contributed by atoms with Gasteiger partial charge in [-0.15, -0.1) is 0 Å². The van der Waals surface area contributed by atoms with Gasteiger partial charge in [0.1, 0.15) is 0 Å². The van der Waals surface area contributed by atoms with Gasteiger partial charge in [-0.25, -0.2) is 4.79 Å². The fourth-order valence-electron chi connectivity index (χ4n) is 2.32.